The third kappa shape index (κ3) is 1.31. The average Bonchev–Trinajstić information content (AvgIpc) is 2.32. The molecule has 0 saturated carbocycles. The zero-order chi connectivity index (χ0) is 8.43. The number of hydrazine groups is 2. The number of rotatable bonds is 1. The highest BCUT2D eigenvalue weighted by Crippen LogP contribution is 2.14. The molecule has 0 unspecified atom stereocenters. The van der Waals surface area contributed by atoms with E-state index in [2.05, 4.69) is 0 Å². The van der Waals surface area contributed by atoms with Crippen LogP contribution in [0.15, 0.2) is 0 Å². The molecule has 0 aromatic rings. The lowest BCUT2D eigenvalue weighted by Crippen LogP contribution is -2.41. The molecule has 1 aliphatic heterocycles. The van der Waals surface area contributed by atoms with E-state index < -0.39 is 11.8 Å². The molecular formula is C5H10N4O2. The van der Waals surface area contributed by atoms with E-state index >= 15 is 0 Å². The number of nitrogens with two attached hydrogens (primary N) is 2. The van der Waals surface area contributed by atoms with Crippen LogP contribution in [0.25, 0.3) is 0 Å². The van der Waals surface area contributed by atoms with E-state index in [9.17, 15) is 9.59 Å². The number of carbonyl (C=O) groups excluding carboxylic acids is 2. The van der Waals surface area contributed by atoms with Crippen LogP contribution in [0.2, 0.25) is 0 Å². The number of carbonyl (C=O) groups is 2. The summed E-state index contributed by atoms with van der Waals surface area (Å²) in [6, 6.07) is 0. The molecule has 1 aliphatic rings. The van der Waals surface area contributed by atoms with E-state index in [4.69, 9.17) is 11.7 Å². The quantitative estimate of drug-likeness (QED) is 0.173. The zero-order valence-corrected chi connectivity index (χ0v) is 5.91. The van der Waals surface area contributed by atoms with Gasteiger partial charge in [-0.05, 0) is 6.42 Å². The van der Waals surface area contributed by atoms with Crippen molar-refractivity contribution in [2.75, 3.05) is 6.54 Å². The number of nitrogens with zero attached hydrogens (tertiary/aromatic N) is 1. The monoisotopic (exact) mass is 158 g/mol. The molecule has 1 heterocycles. The second-order valence-electron chi connectivity index (χ2n) is 2.38. The molecule has 1 rings (SSSR count). The molecule has 1 saturated heterocycles. The maximum Gasteiger partial charge on any atom is 0.249 e. The largest absolute Gasteiger partial charge is 0.294 e. The highest BCUT2D eigenvalue weighted by atomic mass is 16.2. The number of amides is 2. The van der Waals surface area contributed by atoms with E-state index in [1.54, 1.807) is 0 Å². The molecule has 6 nitrogen and oxygen atoms in total. The van der Waals surface area contributed by atoms with Crippen molar-refractivity contribution < 1.29 is 9.59 Å². The highest BCUT2D eigenvalue weighted by molar-refractivity contribution is 6.01. The van der Waals surface area contributed by atoms with Gasteiger partial charge in [-0.3, -0.25) is 20.0 Å². The Morgan fingerprint density at radius 1 is 1.73 bits per heavy atom. The summed E-state index contributed by atoms with van der Waals surface area (Å²) in [6.07, 6.45) is 0.443. The van der Waals surface area contributed by atoms with Crippen LogP contribution in [-0.2, 0) is 9.59 Å². The minimum Gasteiger partial charge on any atom is -0.294 e. The van der Waals surface area contributed by atoms with E-state index in [-0.39, 0.29) is 5.91 Å². The van der Waals surface area contributed by atoms with Crippen LogP contribution < -0.4 is 17.1 Å². The molecule has 0 aromatic heterocycles. The lowest BCUT2D eigenvalue weighted by Gasteiger charge is -2.07. The third-order valence-corrected chi connectivity index (χ3v) is 1.70. The lowest BCUT2D eigenvalue weighted by molar-refractivity contribution is -0.137. The smallest absolute Gasteiger partial charge is 0.249 e. The van der Waals surface area contributed by atoms with Crippen molar-refractivity contribution >= 4 is 11.8 Å². The summed E-state index contributed by atoms with van der Waals surface area (Å²) in [7, 11) is 0. The Morgan fingerprint density at radius 2 is 2.36 bits per heavy atom. The van der Waals surface area contributed by atoms with Gasteiger partial charge in [-0.25, -0.2) is 11.7 Å². The minimum atomic E-state index is -0.690. The summed E-state index contributed by atoms with van der Waals surface area (Å²) < 4.78 is 0. The third-order valence-electron chi connectivity index (χ3n) is 1.70. The molecule has 0 spiro atoms. The van der Waals surface area contributed by atoms with Crippen LogP contribution in [-0.4, -0.2) is 23.4 Å². The fraction of sp³-hybridized carbons (Fsp3) is 0.600. The molecule has 5 N–H and O–H groups in total. The van der Waals surface area contributed by atoms with Crippen molar-refractivity contribution in [3.63, 3.8) is 0 Å². The summed E-state index contributed by atoms with van der Waals surface area (Å²) in [5, 5.41) is 1.03. The van der Waals surface area contributed by atoms with Crippen LogP contribution >= 0.6 is 0 Å². The zero-order valence-electron chi connectivity index (χ0n) is 5.91. The molecule has 2 amide bonds. The molecule has 0 aliphatic carbocycles. The van der Waals surface area contributed by atoms with Crippen molar-refractivity contribution in [1.29, 1.82) is 0 Å². The topological polar surface area (TPSA) is 101 Å². The fourth-order valence-electron chi connectivity index (χ4n) is 1.05. The Bertz CT molecular complexity index is 193. The van der Waals surface area contributed by atoms with E-state index in [1.807, 2.05) is 5.43 Å². The van der Waals surface area contributed by atoms with Gasteiger partial charge in [0.1, 0.15) is 5.92 Å². The van der Waals surface area contributed by atoms with Crippen LogP contribution in [0.3, 0.4) is 0 Å². The molecule has 0 bridgehead atoms. The van der Waals surface area contributed by atoms with Gasteiger partial charge < -0.3 is 0 Å². The molecular weight excluding hydrogens is 148 g/mol. The second kappa shape index (κ2) is 2.85. The van der Waals surface area contributed by atoms with Gasteiger partial charge in [0.15, 0.2) is 0 Å². The molecule has 0 aromatic carbocycles. The van der Waals surface area contributed by atoms with Crippen molar-refractivity contribution in [1.82, 2.24) is 10.4 Å². The van der Waals surface area contributed by atoms with Gasteiger partial charge in [0.2, 0.25) is 11.8 Å². The fourth-order valence-corrected chi connectivity index (χ4v) is 1.05. The Labute approximate surface area is 63.4 Å². The molecule has 0 radical (unpaired) electrons. The molecule has 11 heavy (non-hydrogen) atoms. The summed E-state index contributed by atoms with van der Waals surface area (Å²) in [4.78, 5) is 21.8. The number of hydrogen-bond donors (Lipinski definition) is 3. The maximum atomic E-state index is 11.0. The molecule has 1 fully saturated rings. The van der Waals surface area contributed by atoms with Gasteiger partial charge in [0, 0.05) is 6.54 Å². The van der Waals surface area contributed by atoms with E-state index in [0.29, 0.717) is 13.0 Å². The summed E-state index contributed by atoms with van der Waals surface area (Å²) >= 11 is 0. The van der Waals surface area contributed by atoms with Crippen molar-refractivity contribution in [3.05, 3.63) is 0 Å². The summed E-state index contributed by atoms with van der Waals surface area (Å²) in [6.45, 7) is 0.414. The number of hydrogen-bond acceptors (Lipinski definition) is 4. The van der Waals surface area contributed by atoms with Gasteiger partial charge in [0.25, 0.3) is 0 Å². The van der Waals surface area contributed by atoms with E-state index in [1.165, 1.54) is 0 Å². The van der Waals surface area contributed by atoms with Gasteiger partial charge in [0.05, 0.1) is 0 Å². The molecule has 1 atom stereocenters. The van der Waals surface area contributed by atoms with Crippen LogP contribution in [0.4, 0.5) is 0 Å². The van der Waals surface area contributed by atoms with E-state index in [0.717, 1.165) is 5.01 Å². The lowest BCUT2D eigenvalue weighted by atomic mass is 10.1. The highest BCUT2D eigenvalue weighted by Gasteiger charge is 2.34. The Hall–Kier alpha value is -1.14. The minimum absolute atomic E-state index is 0.368. The first-order valence-corrected chi connectivity index (χ1v) is 3.23. The Morgan fingerprint density at radius 3 is 2.73 bits per heavy atom. The van der Waals surface area contributed by atoms with Crippen molar-refractivity contribution in [2.45, 2.75) is 6.42 Å². The first kappa shape index (κ1) is 7.96. The van der Waals surface area contributed by atoms with Crippen LogP contribution in [0.5, 0.6) is 0 Å². The van der Waals surface area contributed by atoms with Gasteiger partial charge >= 0.3 is 0 Å². The normalized spacial score (nSPS) is 24.0. The number of nitrogens with one attached hydrogen (secondary N) is 1. The Balaban J connectivity index is 2.62. The summed E-state index contributed by atoms with van der Waals surface area (Å²) in [5.74, 6) is 8.55. The molecule has 6 heteroatoms. The molecule has 62 valence electrons. The predicted octanol–water partition coefficient (Wildman–Crippen LogP) is -2.30. The van der Waals surface area contributed by atoms with Crippen LogP contribution in [0.1, 0.15) is 6.42 Å². The van der Waals surface area contributed by atoms with Crippen LogP contribution in [0, 0.1) is 5.92 Å². The first-order valence-electron chi connectivity index (χ1n) is 3.23. The van der Waals surface area contributed by atoms with Crippen molar-refractivity contribution in [3.8, 4) is 0 Å². The average molecular weight is 158 g/mol. The van der Waals surface area contributed by atoms with Gasteiger partial charge in [-0.1, -0.05) is 0 Å². The standard InChI is InChI=1S/C5H10N4O2/c6-8-4(10)3-1-2-9(7)5(3)11/h3H,1-2,6-7H2,(H,8,10)/t3-/m1/s1. The SMILES string of the molecule is NNC(=O)[C@H]1CCN(N)C1=O. The second-order valence-corrected chi connectivity index (χ2v) is 2.38. The Kier molecular flexibility index (Phi) is 2.06. The van der Waals surface area contributed by atoms with Gasteiger partial charge in [-0.15, -0.1) is 0 Å². The first-order chi connectivity index (χ1) is 5.16. The maximum absolute atomic E-state index is 11.0. The van der Waals surface area contributed by atoms with Gasteiger partial charge in [-0.2, -0.15) is 0 Å². The summed E-state index contributed by atoms with van der Waals surface area (Å²) in [5.41, 5.74) is 1.92. The predicted molar refractivity (Wildman–Crippen MR) is 36.3 cm³/mol. The van der Waals surface area contributed by atoms with Crippen molar-refractivity contribution in [2.24, 2.45) is 17.6 Å².